The summed E-state index contributed by atoms with van der Waals surface area (Å²) >= 11 is 1.25. The molecule has 0 saturated carbocycles. The van der Waals surface area contributed by atoms with Crippen LogP contribution in [-0.4, -0.2) is 16.1 Å². The molecule has 0 aliphatic heterocycles. The molecule has 0 aromatic carbocycles. The minimum atomic E-state index is -0.884. The number of nitrogens with zero attached hydrogens (tertiary/aromatic N) is 1. The fourth-order valence-corrected chi connectivity index (χ4v) is 1.12. The Labute approximate surface area is 73.5 Å². The Hall–Kier alpha value is -0.810. The van der Waals surface area contributed by atoms with Crippen LogP contribution in [-0.2, 0) is 11.2 Å². The van der Waals surface area contributed by atoms with Gasteiger partial charge in [0.05, 0.1) is 12.1 Å². The molecule has 0 spiro atoms. The molecule has 0 atom stereocenters. The number of hydrogen-bond acceptors (Lipinski definition) is 4. The van der Waals surface area contributed by atoms with Crippen molar-refractivity contribution in [1.29, 1.82) is 0 Å². The zero-order chi connectivity index (χ0) is 7.56. The molecule has 1 heterocycles. The smallest absolute Gasteiger partial charge is 0.309 e. The summed E-state index contributed by atoms with van der Waals surface area (Å²) in [5.41, 5.74) is 5.79. The van der Waals surface area contributed by atoms with E-state index in [2.05, 4.69) is 4.98 Å². The standard InChI is InChI=1S/C5H6N2O2S.ClH/c6-5-7-3(2-10-5)1-4(8)9;/h2H,1H2,(H2,6,7)(H,8,9);1H. The maximum Gasteiger partial charge on any atom is 0.309 e. The summed E-state index contributed by atoms with van der Waals surface area (Å²) in [6.07, 6.45) is -0.0479. The molecule has 0 bridgehead atoms. The predicted octanol–water partition coefficient (Wildman–Crippen LogP) is 0.774. The van der Waals surface area contributed by atoms with Gasteiger partial charge in [-0.15, -0.1) is 23.7 Å². The minimum absolute atomic E-state index is 0. The summed E-state index contributed by atoms with van der Waals surface area (Å²) in [7, 11) is 0. The second kappa shape index (κ2) is 4.15. The summed E-state index contributed by atoms with van der Waals surface area (Å²) < 4.78 is 0. The van der Waals surface area contributed by atoms with Crippen LogP contribution in [0, 0.1) is 0 Å². The van der Waals surface area contributed by atoms with Crippen LogP contribution in [0.25, 0.3) is 0 Å². The average Bonchev–Trinajstić information content (AvgIpc) is 2.13. The second-order valence-electron chi connectivity index (χ2n) is 1.75. The number of carboxylic acids is 1. The maximum absolute atomic E-state index is 10.1. The number of carbonyl (C=O) groups is 1. The summed E-state index contributed by atoms with van der Waals surface area (Å²) in [5.74, 6) is -0.884. The third-order valence-corrected chi connectivity index (χ3v) is 1.62. The lowest BCUT2D eigenvalue weighted by Gasteiger charge is -1.85. The number of anilines is 1. The number of hydrogen-bond donors (Lipinski definition) is 2. The van der Waals surface area contributed by atoms with Crippen molar-refractivity contribution in [1.82, 2.24) is 4.98 Å². The van der Waals surface area contributed by atoms with E-state index in [0.717, 1.165) is 0 Å². The van der Waals surface area contributed by atoms with Crippen LogP contribution < -0.4 is 5.73 Å². The molecule has 0 aliphatic carbocycles. The summed E-state index contributed by atoms with van der Waals surface area (Å²) in [4.78, 5) is 13.9. The predicted molar refractivity (Wildman–Crippen MR) is 45.1 cm³/mol. The van der Waals surface area contributed by atoms with Gasteiger partial charge in [-0.1, -0.05) is 0 Å². The van der Waals surface area contributed by atoms with E-state index in [-0.39, 0.29) is 18.8 Å². The molecule has 1 aromatic rings. The van der Waals surface area contributed by atoms with Gasteiger partial charge in [0.25, 0.3) is 0 Å². The molecule has 0 amide bonds. The molecule has 6 heteroatoms. The van der Waals surface area contributed by atoms with Crippen molar-refractivity contribution < 1.29 is 9.90 Å². The Kier molecular flexibility index (Phi) is 3.84. The molecule has 0 radical (unpaired) electrons. The fraction of sp³-hybridized carbons (Fsp3) is 0.200. The Morgan fingerprint density at radius 3 is 2.82 bits per heavy atom. The Morgan fingerprint density at radius 1 is 1.82 bits per heavy atom. The first kappa shape index (κ1) is 10.2. The van der Waals surface area contributed by atoms with Gasteiger partial charge in [0.2, 0.25) is 0 Å². The van der Waals surface area contributed by atoms with Gasteiger partial charge in [0, 0.05) is 5.38 Å². The van der Waals surface area contributed by atoms with Gasteiger partial charge in [-0.3, -0.25) is 4.79 Å². The van der Waals surface area contributed by atoms with Crippen molar-refractivity contribution in [3.8, 4) is 0 Å². The topological polar surface area (TPSA) is 76.2 Å². The maximum atomic E-state index is 10.1. The van der Waals surface area contributed by atoms with Crippen molar-refractivity contribution in [2.24, 2.45) is 0 Å². The van der Waals surface area contributed by atoms with Gasteiger partial charge in [-0.05, 0) is 0 Å². The van der Waals surface area contributed by atoms with Crippen molar-refractivity contribution in [3.05, 3.63) is 11.1 Å². The zero-order valence-electron chi connectivity index (χ0n) is 5.48. The largest absolute Gasteiger partial charge is 0.481 e. The van der Waals surface area contributed by atoms with Crippen molar-refractivity contribution >= 4 is 34.8 Å². The number of nitrogen functional groups attached to an aromatic ring is 1. The van der Waals surface area contributed by atoms with Gasteiger partial charge in [0.1, 0.15) is 0 Å². The molecule has 62 valence electrons. The lowest BCUT2D eigenvalue weighted by atomic mass is 10.3. The number of rotatable bonds is 2. The van der Waals surface area contributed by atoms with E-state index in [9.17, 15) is 4.79 Å². The van der Waals surface area contributed by atoms with E-state index in [1.807, 2.05) is 0 Å². The highest BCUT2D eigenvalue weighted by atomic mass is 35.5. The third kappa shape index (κ3) is 3.20. The first-order chi connectivity index (χ1) is 4.68. The minimum Gasteiger partial charge on any atom is -0.481 e. The van der Waals surface area contributed by atoms with Crippen LogP contribution in [0.4, 0.5) is 5.13 Å². The lowest BCUT2D eigenvalue weighted by molar-refractivity contribution is -0.136. The number of halogens is 1. The number of thiazole rings is 1. The van der Waals surface area contributed by atoms with Crippen LogP contribution in [0.5, 0.6) is 0 Å². The highest BCUT2D eigenvalue weighted by molar-refractivity contribution is 7.13. The van der Waals surface area contributed by atoms with E-state index in [1.54, 1.807) is 5.38 Å². The van der Waals surface area contributed by atoms with Crippen molar-refractivity contribution in [3.63, 3.8) is 0 Å². The molecule has 11 heavy (non-hydrogen) atoms. The first-order valence-electron chi connectivity index (χ1n) is 2.60. The van der Waals surface area contributed by atoms with E-state index in [4.69, 9.17) is 10.8 Å². The molecule has 0 saturated heterocycles. The Bertz CT molecular complexity index is 250. The lowest BCUT2D eigenvalue weighted by Crippen LogP contribution is -2.00. The van der Waals surface area contributed by atoms with Gasteiger partial charge in [-0.25, -0.2) is 4.98 Å². The van der Waals surface area contributed by atoms with Gasteiger partial charge in [0.15, 0.2) is 5.13 Å². The van der Waals surface area contributed by atoms with Crippen LogP contribution in [0.3, 0.4) is 0 Å². The fourth-order valence-electron chi connectivity index (χ4n) is 0.559. The molecule has 3 N–H and O–H groups in total. The molecule has 0 aliphatic rings. The Balaban J connectivity index is 0.000001000. The number of nitrogens with two attached hydrogens (primary N) is 1. The number of aromatic nitrogens is 1. The summed E-state index contributed by atoms with van der Waals surface area (Å²) in [6.45, 7) is 0. The monoisotopic (exact) mass is 194 g/mol. The molecular formula is C5H7ClN2O2S. The highest BCUT2D eigenvalue weighted by Gasteiger charge is 2.02. The van der Waals surface area contributed by atoms with Crippen molar-refractivity contribution in [2.75, 3.05) is 5.73 Å². The van der Waals surface area contributed by atoms with E-state index >= 15 is 0 Å². The quantitative estimate of drug-likeness (QED) is 0.730. The molecular weight excluding hydrogens is 188 g/mol. The first-order valence-corrected chi connectivity index (χ1v) is 3.48. The molecule has 0 unspecified atom stereocenters. The van der Waals surface area contributed by atoms with E-state index < -0.39 is 5.97 Å². The SMILES string of the molecule is Cl.Nc1nc(CC(=O)O)cs1. The van der Waals surface area contributed by atoms with Crippen LogP contribution in [0.1, 0.15) is 5.69 Å². The number of aliphatic carboxylic acids is 1. The van der Waals surface area contributed by atoms with E-state index in [1.165, 1.54) is 11.3 Å². The van der Waals surface area contributed by atoms with E-state index in [0.29, 0.717) is 10.8 Å². The highest BCUT2D eigenvalue weighted by Crippen LogP contribution is 2.10. The zero-order valence-corrected chi connectivity index (χ0v) is 7.11. The molecule has 0 fully saturated rings. The van der Waals surface area contributed by atoms with Crippen LogP contribution >= 0.6 is 23.7 Å². The van der Waals surface area contributed by atoms with Gasteiger partial charge >= 0.3 is 5.97 Å². The van der Waals surface area contributed by atoms with Crippen LogP contribution in [0.2, 0.25) is 0 Å². The summed E-state index contributed by atoms with van der Waals surface area (Å²) in [5, 5.41) is 10.4. The van der Waals surface area contributed by atoms with Crippen molar-refractivity contribution in [2.45, 2.75) is 6.42 Å². The Morgan fingerprint density at radius 2 is 2.45 bits per heavy atom. The second-order valence-corrected chi connectivity index (χ2v) is 2.64. The molecule has 1 aromatic heterocycles. The van der Waals surface area contributed by atoms with Gasteiger partial charge in [-0.2, -0.15) is 0 Å². The number of carboxylic acid groups (broad SMARTS) is 1. The normalized spacial score (nSPS) is 8.73. The van der Waals surface area contributed by atoms with Gasteiger partial charge < -0.3 is 10.8 Å². The molecule has 4 nitrogen and oxygen atoms in total. The molecule has 1 rings (SSSR count). The summed E-state index contributed by atoms with van der Waals surface area (Å²) in [6, 6.07) is 0. The van der Waals surface area contributed by atoms with Crippen LogP contribution in [0.15, 0.2) is 5.38 Å². The average molecular weight is 195 g/mol. The third-order valence-electron chi connectivity index (χ3n) is 0.902.